The number of rotatable bonds is 3. The molecule has 0 saturated heterocycles. The van der Waals surface area contributed by atoms with E-state index in [0.29, 0.717) is 0 Å². The van der Waals surface area contributed by atoms with Crippen LogP contribution in [0.2, 0.25) is 0 Å². The summed E-state index contributed by atoms with van der Waals surface area (Å²) in [5.74, 6) is 0.0488. The Morgan fingerprint density at radius 1 is 1.69 bits per heavy atom. The van der Waals surface area contributed by atoms with Gasteiger partial charge in [0.25, 0.3) is 0 Å². The summed E-state index contributed by atoms with van der Waals surface area (Å²) in [7, 11) is 0. The number of hydrogen-bond acceptors (Lipinski definition) is 6. The van der Waals surface area contributed by atoms with Gasteiger partial charge in [-0.3, -0.25) is 10.1 Å². The summed E-state index contributed by atoms with van der Waals surface area (Å²) in [5, 5.41) is 17.2. The maximum absolute atomic E-state index is 10.6. The van der Waals surface area contributed by atoms with Gasteiger partial charge in [0.15, 0.2) is 0 Å². The average Bonchev–Trinajstić information content (AvgIpc) is 2.84. The first-order valence-electron chi connectivity index (χ1n) is 4.48. The smallest absolute Gasteiger partial charge is 0.330 e. The van der Waals surface area contributed by atoms with Crippen LogP contribution in [-0.2, 0) is 0 Å². The van der Waals surface area contributed by atoms with Gasteiger partial charge in [0.05, 0.1) is 4.92 Å². The number of anilines is 1. The summed E-state index contributed by atoms with van der Waals surface area (Å²) in [6.07, 6.45) is 2.82. The highest BCUT2D eigenvalue weighted by molar-refractivity contribution is 7.09. The summed E-state index contributed by atoms with van der Waals surface area (Å²) in [6.45, 7) is 1.84. The molecule has 0 amide bonds. The second-order valence-electron chi connectivity index (χ2n) is 3.16. The first kappa shape index (κ1) is 10.6. The normalized spacial score (nSPS) is 12.6. The minimum atomic E-state index is -0.548. The lowest BCUT2D eigenvalue weighted by molar-refractivity contribution is -0.384. The summed E-state index contributed by atoms with van der Waals surface area (Å²) >= 11 is 1.45. The Kier molecular flexibility index (Phi) is 2.57. The number of aromatic nitrogens is 3. The molecular weight excluding hydrogens is 230 g/mol. The van der Waals surface area contributed by atoms with Crippen molar-refractivity contribution in [3.05, 3.63) is 32.9 Å². The van der Waals surface area contributed by atoms with Crippen molar-refractivity contribution in [1.82, 2.24) is 14.8 Å². The van der Waals surface area contributed by atoms with Crippen molar-refractivity contribution in [2.24, 2.45) is 0 Å². The monoisotopic (exact) mass is 239 g/mol. The molecule has 2 N–H and O–H groups in total. The van der Waals surface area contributed by atoms with E-state index in [-0.39, 0.29) is 17.5 Å². The van der Waals surface area contributed by atoms with Gasteiger partial charge in [0.2, 0.25) is 5.82 Å². The molecular formula is C8H9N5O2S. The van der Waals surface area contributed by atoms with E-state index >= 15 is 0 Å². The van der Waals surface area contributed by atoms with Crippen LogP contribution in [0, 0.1) is 10.1 Å². The molecule has 0 spiro atoms. The Morgan fingerprint density at radius 3 is 2.94 bits per heavy atom. The van der Waals surface area contributed by atoms with Crippen LogP contribution >= 0.6 is 11.3 Å². The fraction of sp³-hybridized carbons (Fsp3) is 0.250. The van der Waals surface area contributed by atoms with Crippen molar-refractivity contribution in [2.45, 2.75) is 13.0 Å². The van der Waals surface area contributed by atoms with Crippen LogP contribution in [0.4, 0.5) is 11.5 Å². The van der Waals surface area contributed by atoms with Gasteiger partial charge in [0.1, 0.15) is 17.2 Å². The third kappa shape index (κ3) is 1.63. The van der Waals surface area contributed by atoms with Crippen molar-refractivity contribution in [3.63, 3.8) is 0 Å². The molecule has 0 aliphatic heterocycles. The molecule has 0 saturated carbocycles. The van der Waals surface area contributed by atoms with Gasteiger partial charge in [-0.15, -0.1) is 11.3 Å². The van der Waals surface area contributed by atoms with E-state index in [1.807, 2.05) is 12.3 Å². The number of nitrogens with zero attached hydrogens (tertiary/aromatic N) is 4. The van der Waals surface area contributed by atoms with Gasteiger partial charge in [-0.1, -0.05) is 0 Å². The maximum Gasteiger partial charge on any atom is 0.330 e. The predicted molar refractivity (Wildman–Crippen MR) is 59.2 cm³/mol. The molecule has 84 valence electrons. The Morgan fingerprint density at radius 2 is 2.44 bits per heavy atom. The molecule has 8 heteroatoms. The lowest BCUT2D eigenvalue weighted by atomic mass is 10.3. The minimum Gasteiger partial charge on any atom is -0.378 e. The average molecular weight is 239 g/mol. The summed E-state index contributed by atoms with van der Waals surface area (Å²) in [4.78, 5) is 14.2. The Labute approximate surface area is 94.7 Å². The van der Waals surface area contributed by atoms with Gasteiger partial charge in [-0.25, -0.2) is 9.67 Å². The predicted octanol–water partition coefficient (Wildman–Crippen LogP) is 1.44. The highest BCUT2D eigenvalue weighted by atomic mass is 32.1. The molecule has 0 aliphatic rings. The molecule has 1 atom stereocenters. The summed E-state index contributed by atoms with van der Waals surface area (Å²) in [6, 6.07) is -0.200. The topological polar surface area (TPSA) is 99.9 Å². The van der Waals surface area contributed by atoms with Crippen LogP contribution in [0.3, 0.4) is 0 Å². The highest BCUT2D eigenvalue weighted by Crippen LogP contribution is 2.27. The molecule has 0 fully saturated rings. The largest absolute Gasteiger partial charge is 0.378 e. The van der Waals surface area contributed by atoms with Crippen LogP contribution in [0.1, 0.15) is 18.0 Å². The number of hydrogen-bond donors (Lipinski definition) is 1. The van der Waals surface area contributed by atoms with Crippen molar-refractivity contribution in [1.29, 1.82) is 0 Å². The van der Waals surface area contributed by atoms with Crippen molar-refractivity contribution in [2.75, 3.05) is 5.73 Å². The van der Waals surface area contributed by atoms with Crippen molar-refractivity contribution >= 4 is 22.8 Å². The quantitative estimate of drug-likeness (QED) is 0.645. The molecule has 0 aliphatic carbocycles. The lowest BCUT2D eigenvalue weighted by Crippen LogP contribution is -2.11. The van der Waals surface area contributed by atoms with Crippen LogP contribution in [0.15, 0.2) is 17.8 Å². The standard InChI is InChI=1S/C8H9N5O2S/c1-5(8-10-2-3-16-8)12-7(9)6(4-11-12)13(14)15/h2-5H,9H2,1H3. The lowest BCUT2D eigenvalue weighted by Gasteiger charge is -2.09. The van der Waals surface area contributed by atoms with E-state index in [1.165, 1.54) is 16.0 Å². The third-order valence-corrected chi connectivity index (χ3v) is 3.13. The first-order valence-corrected chi connectivity index (χ1v) is 5.36. The third-order valence-electron chi connectivity index (χ3n) is 2.19. The van der Waals surface area contributed by atoms with Crippen molar-refractivity contribution in [3.8, 4) is 0 Å². The van der Waals surface area contributed by atoms with E-state index in [2.05, 4.69) is 10.1 Å². The van der Waals surface area contributed by atoms with E-state index in [9.17, 15) is 10.1 Å². The number of thiazole rings is 1. The molecule has 0 radical (unpaired) electrons. The van der Waals surface area contributed by atoms with Crippen LogP contribution in [0.5, 0.6) is 0 Å². The SMILES string of the molecule is CC(c1nccs1)n1ncc([N+](=O)[O-])c1N. The Bertz CT molecular complexity index is 506. The molecule has 1 unspecified atom stereocenters. The van der Waals surface area contributed by atoms with Crippen LogP contribution in [0.25, 0.3) is 0 Å². The minimum absolute atomic E-state index is 0.0488. The van der Waals surface area contributed by atoms with E-state index in [0.717, 1.165) is 11.2 Å². The van der Waals surface area contributed by atoms with Gasteiger partial charge >= 0.3 is 5.69 Å². The fourth-order valence-electron chi connectivity index (χ4n) is 1.36. The molecule has 0 bridgehead atoms. The summed E-state index contributed by atoms with van der Waals surface area (Å²) in [5.41, 5.74) is 5.47. The zero-order valence-electron chi connectivity index (χ0n) is 8.40. The van der Waals surface area contributed by atoms with Gasteiger partial charge in [0, 0.05) is 11.6 Å². The fourth-order valence-corrected chi connectivity index (χ4v) is 2.04. The molecule has 2 rings (SSSR count). The number of nitro groups is 1. The van der Waals surface area contributed by atoms with E-state index in [4.69, 9.17) is 5.73 Å². The molecule has 7 nitrogen and oxygen atoms in total. The zero-order valence-corrected chi connectivity index (χ0v) is 9.22. The van der Waals surface area contributed by atoms with E-state index in [1.54, 1.807) is 6.20 Å². The number of nitrogen functional groups attached to an aromatic ring is 1. The molecule has 2 heterocycles. The zero-order chi connectivity index (χ0) is 11.7. The molecule has 2 aromatic heterocycles. The molecule has 16 heavy (non-hydrogen) atoms. The van der Waals surface area contributed by atoms with E-state index < -0.39 is 4.92 Å². The van der Waals surface area contributed by atoms with Gasteiger partial charge in [-0.05, 0) is 6.92 Å². The van der Waals surface area contributed by atoms with Crippen molar-refractivity contribution < 1.29 is 4.92 Å². The second-order valence-corrected chi connectivity index (χ2v) is 4.09. The molecule has 2 aromatic rings. The van der Waals surface area contributed by atoms with Crippen LogP contribution in [-0.4, -0.2) is 19.7 Å². The molecule has 0 aromatic carbocycles. The van der Waals surface area contributed by atoms with Gasteiger partial charge in [-0.2, -0.15) is 5.10 Å². The first-order chi connectivity index (χ1) is 7.61. The second kappa shape index (κ2) is 3.89. The summed E-state index contributed by atoms with van der Waals surface area (Å²) < 4.78 is 1.40. The highest BCUT2D eigenvalue weighted by Gasteiger charge is 2.22. The Hall–Kier alpha value is -1.96. The Balaban J connectivity index is 2.38. The van der Waals surface area contributed by atoms with Gasteiger partial charge < -0.3 is 5.73 Å². The van der Waals surface area contributed by atoms with Crippen LogP contribution < -0.4 is 5.73 Å². The number of nitrogens with two attached hydrogens (primary N) is 1. The maximum atomic E-state index is 10.6.